The smallest absolute Gasteiger partial charge is 0.240 e. The Morgan fingerprint density at radius 3 is 2.68 bits per heavy atom. The second-order valence-corrected chi connectivity index (χ2v) is 8.15. The molecule has 0 unspecified atom stereocenters. The number of benzene rings is 1. The fourth-order valence-electron chi connectivity index (χ4n) is 1.94. The molecule has 0 bridgehead atoms. The average Bonchev–Trinajstić information content (AvgIpc) is 2.96. The third-order valence-electron chi connectivity index (χ3n) is 3.19. The SMILES string of the molecule is C=CCn1c(CNS(=O)(=O)c2ccc(Cl)cc2)nnc1SC/C=C/C. The summed E-state index contributed by atoms with van der Waals surface area (Å²) in [4.78, 5) is 0.148. The first-order valence-corrected chi connectivity index (χ1v) is 10.3. The quantitative estimate of drug-likeness (QED) is 0.518. The van der Waals surface area contributed by atoms with Gasteiger partial charge in [0.15, 0.2) is 5.16 Å². The molecule has 0 aliphatic heterocycles. The average molecular weight is 399 g/mol. The number of thioether (sulfide) groups is 1. The largest absolute Gasteiger partial charge is 0.301 e. The van der Waals surface area contributed by atoms with Crippen LogP contribution in [0.4, 0.5) is 0 Å². The third kappa shape index (κ3) is 5.43. The molecule has 0 aliphatic carbocycles. The third-order valence-corrected chi connectivity index (χ3v) is 5.78. The Morgan fingerprint density at radius 1 is 1.32 bits per heavy atom. The highest BCUT2D eigenvalue weighted by Gasteiger charge is 2.17. The van der Waals surface area contributed by atoms with Crippen LogP contribution < -0.4 is 4.72 Å². The number of sulfonamides is 1. The lowest BCUT2D eigenvalue weighted by molar-refractivity contribution is 0.574. The number of nitrogens with one attached hydrogen (secondary N) is 1. The van der Waals surface area contributed by atoms with E-state index in [1.54, 1.807) is 6.08 Å². The van der Waals surface area contributed by atoms with Crippen molar-refractivity contribution in [3.63, 3.8) is 0 Å². The lowest BCUT2D eigenvalue weighted by atomic mass is 10.4. The van der Waals surface area contributed by atoms with Gasteiger partial charge in [-0.15, -0.1) is 16.8 Å². The van der Waals surface area contributed by atoms with E-state index in [0.717, 1.165) is 10.9 Å². The minimum Gasteiger partial charge on any atom is -0.301 e. The number of rotatable bonds is 9. The number of nitrogens with zero attached hydrogens (tertiary/aromatic N) is 3. The normalized spacial score (nSPS) is 11.9. The highest BCUT2D eigenvalue weighted by atomic mass is 35.5. The molecule has 6 nitrogen and oxygen atoms in total. The van der Waals surface area contributed by atoms with E-state index in [-0.39, 0.29) is 11.4 Å². The molecule has 1 aromatic heterocycles. The molecule has 0 atom stereocenters. The van der Waals surface area contributed by atoms with Crippen molar-refractivity contribution < 1.29 is 8.42 Å². The molecule has 1 N–H and O–H groups in total. The van der Waals surface area contributed by atoms with Gasteiger partial charge in [-0.1, -0.05) is 41.6 Å². The number of hydrogen-bond donors (Lipinski definition) is 1. The molecule has 0 saturated heterocycles. The first-order valence-electron chi connectivity index (χ1n) is 7.50. The maximum Gasteiger partial charge on any atom is 0.240 e. The van der Waals surface area contributed by atoms with Gasteiger partial charge in [0.05, 0.1) is 11.4 Å². The molecular formula is C16H19ClN4O2S2. The summed E-state index contributed by atoms with van der Waals surface area (Å²) >= 11 is 7.32. The summed E-state index contributed by atoms with van der Waals surface area (Å²) in [6, 6.07) is 5.98. The highest BCUT2D eigenvalue weighted by molar-refractivity contribution is 7.99. The zero-order valence-electron chi connectivity index (χ0n) is 13.7. The zero-order valence-corrected chi connectivity index (χ0v) is 16.1. The molecule has 0 saturated carbocycles. The van der Waals surface area contributed by atoms with Crippen molar-refractivity contribution in [2.75, 3.05) is 5.75 Å². The summed E-state index contributed by atoms with van der Waals surface area (Å²) < 4.78 is 29.1. The molecule has 1 aromatic carbocycles. The predicted octanol–water partition coefficient (Wildman–Crippen LogP) is 3.26. The van der Waals surface area contributed by atoms with Crippen LogP contribution in [0.25, 0.3) is 0 Å². The molecule has 2 rings (SSSR count). The van der Waals surface area contributed by atoms with E-state index >= 15 is 0 Å². The van der Waals surface area contributed by atoms with Gasteiger partial charge in [0, 0.05) is 17.3 Å². The van der Waals surface area contributed by atoms with Crippen LogP contribution in [-0.4, -0.2) is 28.9 Å². The van der Waals surface area contributed by atoms with Crippen LogP contribution in [0.15, 0.2) is 59.1 Å². The van der Waals surface area contributed by atoms with Crippen LogP contribution in [0, 0.1) is 0 Å². The van der Waals surface area contributed by atoms with Crippen molar-refractivity contribution in [1.29, 1.82) is 0 Å². The van der Waals surface area contributed by atoms with Gasteiger partial charge in [-0.25, -0.2) is 13.1 Å². The van der Waals surface area contributed by atoms with E-state index < -0.39 is 10.0 Å². The summed E-state index contributed by atoms with van der Waals surface area (Å²) in [6.07, 6.45) is 5.70. The molecule has 2 aromatic rings. The van der Waals surface area contributed by atoms with Gasteiger partial charge in [0.2, 0.25) is 10.0 Å². The molecule has 9 heteroatoms. The van der Waals surface area contributed by atoms with E-state index in [0.29, 0.717) is 17.4 Å². The van der Waals surface area contributed by atoms with Crippen LogP contribution in [0.2, 0.25) is 5.02 Å². The van der Waals surface area contributed by atoms with Crippen LogP contribution >= 0.6 is 23.4 Å². The van der Waals surface area contributed by atoms with Crippen molar-refractivity contribution in [3.05, 3.63) is 59.9 Å². The minimum atomic E-state index is -3.65. The Balaban J connectivity index is 2.13. The summed E-state index contributed by atoms with van der Waals surface area (Å²) in [5.41, 5.74) is 0. The molecule has 0 fully saturated rings. The van der Waals surface area contributed by atoms with Crippen molar-refractivity contribution in [1.82, 2.24) is 19.5 Å². The second kappa shape index (κ2) is 9.19. The van der Waals surface area contributed by atoms with E-state index in [1.807, 2.05) is 23.6 Å². The zero-order chi connectivity index (χ0) is 18.3. The summed E-state index contributed by atoms with van der Waals surface area (Å²) in [5, 5.41) is 9.43. The maximum absolute atomic E-state index is 12.4. The number of aromatic nitrogens is 3. The van der Waals surface area contributed by atoms with Gasteiger partial charge in [0.1, 0.15) is 5.82 Å². The van der Waals surface area contributed by atoms with Crippen LogP contribution in [0.1, 0.15) is 12.7 Å². The summed E-state index contributed by atoms with van der Waals surface area (Å²) in [5.74, 6) is 1.29. The standard InChI is InChI=1S/C16H19ClN4O2S2/c1-3-5-11-24-16-20-19-15(21(16)10-4-2)12-18-25(22,23)14-8-6-13(17)7-9-14/h3-9,18H,2,10-12H2,1H3/b5-3+. The Labute approximate surface area is 157 Å². The van der Waals surface area contributed by atoms with Crippen molar-refractivity contribution in [2.24, 2.45) is 0 Å². The Morgan fingerprint density at radius 2 is 2.04 bits per heavy atom. The highest BCUT2D eigenvalue weighted by Crippen LogP contribution is 2.18. The van der Waals surface area contributed by atoms with E-state index in [2.05, 4.69) is 21.5 Å². The molecule has 134 valence electrons. The second-order valence-electron chi connectivity index (χ2n) is 4.96. The molecule has 0 aliphatic rings. The Hall–Kier alpha value is -1.61. The van der Waals surface area contributed by atoms with E-state index in [4.69, 9.17) is 11.6 Å². The summed E-state index contributed by atoms with van der Waals surface area (Å²) in [6.45, 7) is 6.22. The van der Waals surface area contributed by atoms with Crippen LogP contribution in [0.5, 0.6) is 0 Å². The Kier molecular flexibility index (Phi) is 7.24. The van der Waals surface area contributed by atoms with Crippen molar-refractivity contribution >= 4 is 33.4 Å². The summed E-state index contributed by atoms with van der Waals surface area (Å²) in [7, 11) is -3.65. The van der Waals surface area contributed by atoms with Gasteiger partial charge in [0.25, 0.3) is 0 Å². The maximum atomic E-state index is 12.4. The fraction of sp³-hybridized carbons (Fsp3) is 0.250. The minimum absolute atomic E-state index is 0.0377. The predicted molar refractivity (Wildman–Crippen MR) is 101 cm³/mol. The fourth-order valence-corrected chi connectivity index (χ4v) is 3.92. The van der Waals surface area contributed by atoms with Gasteiger partial charge >= 0.3 is 0 Å². The monoisotopic (exact) mass is 398 g/mol. The lowest BCUT2D eigenvalue weighted by Gasteiger charge is -2.09. The molecule has 1 heterocycles. The van der Waals surface area contributed by atoms with Crippen LogP contribution in [-0.2, 0) is 23.1 Å². The van der Waals surface area contributed by atoms with Gasteiger partial charge < -0.3 is 4.57 Å². The first kappa shape index (κ1) is 19.7. The van der Waals surface area contributed by atoms with Gasteiger partial charge in [-0.2, -0.15) is 0 Å². The molecule has 0 radical (unpaired) electrons. The van der Waals surface area contributed by atoms with E-state index in [1.165, 1.54) is 36.0 Å². The van der Waals surface area contributed by atoms with Gasteiger partial charge in [-0.3, -0.25) is 0 Å². The molecule has 25 heavy (non-hydrogen) atoms. The number of hydrogen-bond acceptors (Lipinski definition) is 5. The first-order chi connectivity index (χ1) is 12.0. The molecule has 0 amide bonds. The van der Waals surface area contributed by atoms with Crippen molar-refractivity contribution in [2.45, 2.75) is 30.1 Å². The Bertz CT molecular complexity index is 846. The topological polar surface area (TPSA) is 76.9 Å². The number of halogens is 1. The van der Waals surface area contributed by atoms with Gasteiger partial charge in [-0.05, 0) is 31.2 Å². The van der Waals surface area contributed by atoms with E-state index in [9.17, 15) is 8.42 Å². The van der Waals surface area contributed by atoms with Crippen LogP contribution in [0.3, 0.4) is 0 Å². The van der Waals surface area contributed by atoms with Crippen molar-refractivity contribution in [3.8, 4) is 0 Å². The molecular weight excluding hydrogens is 380 g/mol. The lowest BCUT2D eigenvalue weighted by Crippen LogP contribution is -2.25. The molecule has 0 spiro atoms. The number of allylic oxidation sites excluding steroid dienone is 2.